The molecule has 0 atom stereocenters. The molecule has 1 saturated carbocycles. The van der Waals surface area contributed by atoms with Gasteiger partial charge in [0.1, 0.15) is 0 Å². The minimum absolute atomic E-state index is 0. The molecule has 0 amide bonds. The number of hydrogen-bond donors (Lipinski definition) is 1. The van der Waals surface area contributed by atoms with Gasteiger partial charge >= 0.3 is 5.76 Å². The highest BCUT2D eigenvalue weighted by Crippen LogP contribution is 2.25. The summed E-state index contributed by atoms with van der Waals surface area (Å²) >= 11 is 0. The Morgan fingerprint density at radius 2 is 2.06 bits per heavy atom. The molecule has 1 aliphatic carbocycles. The average molecular weight is 248 g/mol. The number of aromatic nitrogens is 2. The van der Waals surface area contributed by atoms with Gasteiger partial charge in [-0.05, 0) is 5.92 Å². The molecular formula is C10H18ClN3O2. The Morgan fingerprint density at radius 1 is 1.38 bits per heavy atom. The molecule has 0 unspecified atom stereocenters. The van der Waals surface area contributed by atoms with E-state index in [4.69, 9.17) is 5.73 Å². The molecule has 1 aromatic rings. The van der Waals surface area contributed by atoms with Crippen LogP contribution in [0.5, 0.6) is 0 Å². The second-order valence-corrected chi connectivity index (χ2v) is 4.18. The van der Waals surface area contributed by atoms with E-state index in [0.29, 0.717) is 11.7 Å². The molecule has 2 N–H and O–H groups in total. The van der Waals surface area contributed by atoms with E-state index in [0.717, 1.165) is 6.42 Å². The van der Waals surface area contributed by atoms with E-state index in [1.165, 1.54) is 36.7 Å². The van der Waals surface area contributed by atoms with Gasteiger partial charge in [-0.15, -0.1) is 12.4 Å². The summed E-state index contributed by atoms with van der Waals surface area (Å²) in [6, 6.07) is 0. The van der Waals surface area contributed by atoms with Crippen LogP contribution in [0.25, 0.3) is 0 Å². The van der Waals surface area contributed by atoms with E-state index in [-0.39, 0.29) is 19.1 Å². The lowest BCUT2D eigenvalue weighted by molar-refractivity contribution is 0.338. The predicted molar refractivity (Wildman–Crippen MR) is 62.5 cm³/mol. The second kappa shape index (κ2) is 6.06. The molecule has 6 heteroatoms. The molecule has 5 nitrogen and oxygen atoms in total. The van der Waals surface area contributed by atoms with Crippen LogP contribution in [-0.2, 0) is 13.1 Å². The van der Waals surface area contributed by atoms with Crippen LogP contribution in [0.3, 0.4) is 0 Å². The molecule has 0 bridgehead atoms. The van der Waals surface area contributed by atoms with Crippen molar-refractivity contribution >= 4 is 12.4 Å². The van der Waals surface area contributed by atoms with Gasteiger partial charge in [-0.1, -0.05) is 37.3 Å². The summed E-state index contributed by atoms with van der Waals surface area (Å²) in [7, 11) is 0. The zero-order valence-corrected chi connectivity index (χ0v) is 10.0. The minimum Gasteiger partial charge on any atom is -0.313 e. The lowest BCUT2D eigenvalue weighted by Gasteiger charge is -2.20. The Morgan fingerprint density at radius 3 is 2.69 bits per heavy atom. The van der Waals surface area contributed by atoms with Gasteiger partial charge in [-0.25, -0.2) is 9.36 Å². The van der Waals surface area contributed by atoms with Crippen LogP contribution < -0.4 is 11.5 Å². The van der Waals surface area contributed by atoms with E-state index in [9.17, 15) is 4.79 Å². The third-order valence-corrected chi connectivity index (χ3v) is 3.14. The summed E-state index contributed by atoms with van der Waals surface area (Å²) in [6.07, 6.45) is 7.18. The minimum atomic E-state index is -0.441. The fraction of sp³-hybridized carbons (Fsp3) is 0.800. The summed E-state index contributed by atoms with van der Waals surface area (Å²) < 4.78 is 6.02. The molecular weight excluding hydrogens is 230 g/mol. The van der Waals surface area contributed by atoms with E-state index in [2.05, 4.69) is 9.68 Å². The molecule has 1 aliphatic rings. The fourth-order valence-corrected chi connectivity index (χ4v) is 2.27. The van der Waals surface area contributed by atoms with Crippen molar-refractivity contribution in [1.29, 1.82) is 0 Å². The lowest BCUT2D eigenvalue weighted by Crippen LogP contribution is -2.23. The first-order valence-electron chi connectivity index (χ1n) is 5.56. The summed E-state index contributed by atoms with van der Waals surface area (Å²) in [5.74, 6) is 0.902. The van der Waals surface area contributed by atoms with Crippen molar-refractivity contribution in [3.05, 3.63) is 16.4 Å². The maximum Gasteiger partial charge on any atom is 0.442 e. The summed E-state index contributed by atoms with van der Waals surface area (Å²) in [4.78, 5) is 11.2. The van der Waals surface area contributed by atoms with Crippen molar-refractivity contribution < 1.29 is 4.52 Å². The molecule has 0 spiro atoms. The molecule has 0 radical (unpaired) electrons. The van der Waals surface area contributed by atoms with Crippen LogP contribution >= 0.6 is 12.4 Å². The van der Waals surface area contributed by atoms with Crippen molar-refractivity contribution in [2.45, 2.75) is 45.2 Å². The van der Waals surface area contributed by atoms with Gasteiger partial charge in [-0.3, -0.25) is 4.52 Å². The molecule has 92 valence electrons. The van der Waals surface area contributed by atoms with Crippen molar-refractivity contribution in [2.75, 3.05) is 0 Å². The monoisotopic (exact) mass is 247 g/mol. The number of halogens is 1. The van der Waals surface area contributed by atoms with Gasteiger partial charge in [0.15, 0.2) is 5.82 Å². The van der Waals surface area contributed by atoms with Gasteiger partial charge in [-0.2, -0.15) is 0 Å². The number of nitrogens with zero attached hydrogens (tertiary/aromatic N) is 2. The van der Waals surface area contributed by atoms with Crippen molar-refractivity contribution in [3.8, 4) is 0 Å². The first kappa shape index (κ1) is 13.3. The smallest absolute Gasteiger partial charge is 0.313 e. The van der Waals surface area contributed by atoms with Crippen LogP contribution in [0.2, 0.25) is 0 Å². The predicted octanol–water partition coefficient (Wildman–Crippen LogP) is 1.30. The molecule has 1 fully saturated rings. The normalized spacial score (nSPS) is 17.1. The fourth-order valence-electron chi connectivity index (χ4n) is 2.27. The van der Waals surface area contributed by atoms with Crippen LogP contribution in [0, 0.1) is 5.92 Å². The zero-order chi connectivity index (χ0) is 10.7. The number of rotatable bonds is 3. The third-order valence-electron chi connectivity index (χ3n) is 3.14. The maximum atomic E-state index is 11.2. The average Bonchev–Trinajstić information content (AvgIpc) is 2.61. The van der Waals surface area contributed by atoms with Crippen LogP contribution in [0.1, 0.15) is 37.9 Å². The summed E-state index contributed by atoms with van der Waals surface area (Å²) in [5, 5.41) is 3.78. The van der Waals surface area contributed by atoms with Gasteiger partial charge in [0.25, 0.3) is 0 Å². The Bertz CT molecular complexity index is 368. The van der Waals surface area contributed by atoms with E-state index in [1.54, 1.807) is 0 Å². The molecule has 1 heterocycles. The molecule has 2 rings (SSSR count). The number of nitrogens with two attached hydrogens (primary N) is 1. The van der Waals surface area contributed by atoms with Gasteiger partial charge in [0, 0.05) is 6.42 Å². The van der Waals surface area contributed by atoms with Crippen LogP contribution in [0.4, 0.5) is 0 Å². The van der Waals surface area contributed by atoms with Crippen LogP contribution in [-0.4, -0.2) is 9.72 Å². The molecule has 0 saturated heterocycles. The lowest BCUT2D eigenvalue weighted by atomic mass is 9.87. The largest absolute Gasteiger partial charge is 0.442 e. The van der Waals surface area contributed by atoms with E-state index >= 15 is 0 Å². The zero-order valence-electron chi connectivity index (χ0n) is 9.22. The molecule has 1 aromatic heterocycles. The van der Waals surface area contributed by atoms with Crippen LogP contribution in [0.15, 0.2) is 9.32 Å². The maximum absolute atomic E-state index is 11.2. The first-order valence-corrected chi connectivity index (χ1v) is 5.56. The second-order valence-electron chi connectivity index (χ2n) is 4.18. The van der Waals surface area contributed by atoms with Gasteiger partial charge in [0.2, 0.25) is 0 Å². The van der Waals surface area contributed by atoms with Crippen molar-refractivity contribution in [3.63, 3.8) is 0 Å². The van der Waals surface area contributed by atoms with Crippen molar-refractivity contribution in [1.82, 2.24) is 9.72 Å². The van der Waals surface area contributed by atoms with Crippen molar-refractivity contribution in [2.24, 2.45) is 11.7 Å². The highest BCUT2D eigenvalue weighted by Gasteiger charge is 2.18. The standard InChI is InChI=1S/C10H17N3O2.ClH/c11-7-13-9(12-15-10(13)14)6-8-4-2-1-3-5-8;/h8H,1-7,11H2;1H. The van der Waals surface area contributed by atoms with E-state index < -0.39 is 5.76 Å². The quantitative estimate of drug-likeness (QED) is 0.874. The highest BCUT2D eigenvalue weighted by molar-refractivity contribution is 5.85. The molecule has 0 aliphatic heterocycles. The number of hydrogen-bond acceptors (Lipinski definition) is 4. The van der Waals surface area contributed by atoms with E-state index in [1.807, 2.05) is 0 Å². The molecule has 16 heavy (non-hydrogen) atoms. The SMILES string of the molecule is Cl.NCn1c(CC2CCCCC2)noc1=O. The Labute approximate surface area is 100 Å². The topological polar surface area (TPSA) is 74.1 Å². The summed E-state index contributed by atoms with van der Waals surface area (Å²) in [6.45, 7) is 0.157. The highest BCUT2D eigenvalue weighted by atomic mass is 35.5. The summed E-state index contributed by atoms with van der Waals surface area (Å²) in [5.41, 5.74) is 5.46. The Kier molecular flexibility index (Phi) is 5.02. The third kappa shape index (κ3) is 2.86. The van der Waals surface area contributed by atoms with Gasteiger partial charge < -0.3 is 5.73 Å². The molecule has 0 aromatic carbocycles. The Hall–Kier alpha value is -0.810. The first-order chi connectivity index (χ1) is 7.31. The van der Waals surface area contributed by atoms with Gasteiger partial charge in [0.05, 0.1) is 6.67 Å². The Balaban J connectivity index is 0.00000128.